The minimum Gasteiger partial charge on any atom is -0.248 e. The van der Waals surface area contributed by atoms with Crippen molar-refractivity contribution in [3.8, 4) is 11.3 Å². The summed E-state index contributed by atoms with van der Waals surface area (Å²) >= 11 is 0. The zero-order valence-corrected chi connectivity index (χ0v) is 21.7. The van der Waals surface area contributed by atoms with Crippen LogP contribution in [0.5, 0.6) is 0 Å². The summed E-state index contributed by atoms with van der Waals surface area (Å²) in [7, 11) is 0. The van der Waals surface area contributed by atoms with Crippen LogP contribution < -0.4 is 0 Å². The number of alkyl halides is 10. The van der Waals surface area contributed by atoms with Gasteiger partial charge >= 0.3 is 29.6 Å². The van der Waals surface area contributed by atoms with Gasteiger partial charge in [0.25, 0.3) is 0 Å². The standard InChI is InChI=1S/C29H25F10N/c1-15-12-16(2)17(3)20(13-15)23-14-21(19-6-4-5-7-22(19)40-23)18-8-10-24(11-9-18)25(30,31)27(34,35)29(38,39)28(36,37)26(24,32)33/h4-7,12-14,18H,8-11H2,1-3H3. The molecule has 0 N–H and O–H groups in total. The third-order valence-corrected chi connectivity index (χ3v) is 8.89. The van der Waals surface area contributed by atoms with Crippen LogP contribution in [0.2, 0.25) is 0 Å². The van der Waals surface area contributed by atoms with Gasteiger partial charge in [0, 0.05) is 10.9 Å². The molecule has 2 fully saturated rings. The summed E-state index contributed by atoms with van der Waals surface area (Å²) in [5.41, 5.74) is 0.740. The third-order valence-electron chi connectivity index (χ3n) is 8.89. The second-order valence-electron chi connectivity index (χ2n) is 11.1. The van der Waals surface area contributed by atoms with Gasteiger partial charge in [-0.2, -0.15) is 43.9 Å². The molecule has 0 saturated heterocycles. The maximum absolute atomic E-state index is 15.0. The molecule has 2 aliphatic rings. The van der Waals surface area contributed by atoms with Gasteiger partial charge in [0.2, 0.25) is 0 Å². The van der Waals surface area contributed by atoms with Crippen molar-refractivity contribution in [2.45, 2.75) is 82.0 Å². The van der Waals surface area contributed by atoms with E-state index in [1.165, 1.54) is 0 Å². The van der Waals surface area contributed by atoms with Crippen molar-refractivity contribution in [1.29, 1.82) is 0 Å². The lowest BCUT2D eigenvalue weighted by Crippen LogP contribution is -2.82. The molecule has 216 valence electrons. The molecule has 0 aliphatic heterocycles. The van der Waals surface area contributed by atoms with E-state index in [1.54, 1.807) is 30.3 Å². The van der Waals surface area contributed by atoms with Crippen molar-refractivity contribution in [3.63, 3.8) is 0 Å². The van der Waals surface area contributed by atoms with Crippen LogP contribution in [0, 0.1) is 26.2 Å². The van der Waals surface area contributed by atoms with Gasteiger partial charge in [-0.05, 0) is 87.3 Å². The first-order chi connectivity index (χ1) is 18.3. The van der Waals surface area contributed by atoms with Crippen LogP contribution in [0.15, 0.2) is 42.5 Å². The van der Waals surface area contributed by atoms with Crippen LogP contribution in [-0.2, 0) is 0 Å². The molecule has 5 rings (SSSR count). The van der Waals surface area contributed by atoms with Crippen LogP contribution >= 0.6 is 0 Å². The van der Waals surface area contributed by atoms with E-state index in [0.29, 0.717) is 22.2 Å². The molecule has 1 nitrogen and oxygen atoms in total. The van der Waals surface area contributed by atoms with E-state index < -0.39 is 66.6 Å². The van der Waals surface area contributed by atoms with E-state index in [-0.39, 0.29) is 0 Å². The second-order valence-corrected chi connectivity index (χ2v) is 11.1. The first-order valence-corrected chi connectivity index (χ1v) is 12.7. The normalized spacial score (nSPS) is 24.3. The number of nitrogens with zero attached hydrogens (tertiary/aromatic N) is 1. The topological polar surface area (TPSA) is 12.9 Å². The van der Waals surface area contributed by atoms with Crippen molar-refractivity contribution < 1.29 is 43.9 Å². The highest BCUT2D eigenvalue weighted by atomic mass is 19.4. The fraction of sp³-hybridized carbons (Fsp3) is 0.483. The number of para-hydroxylation sites is 1. The van der Waals surface area contributed by atoms with E-state index in [2.05, 4.69) is 0 Å². The number of aryl methyl sites for hydroxylation is 2. The molecule has 2 aliphatic carbocycles. The summed E-state index contributed by atoms with van der Waals surface area (Å²) in [4.78, 5) is 4.71. The fourth-order valence-electron chi connectivity index (χ4n) is 6.42. The number of benzene rings is 2. The lowest BCUT2D eigenvalue weighted by Gasteiger charge is -2.58. The number of fused-ring (bicyclic) bond motifs is 1. The average molecular weight is 578 g/mol. The minimum atomic E-state index is -6.95. The summed E-state index contributed by atoms with van der Waals surface area (Å²) in [5, 5.41) is 0.554. The molecule has 0 bridgehead atoms. The van der Waals surface area contributed by atoms with Gasteiger partial charge in [0.05, 0.1) is 11.2 Å². The molecule has 1 aromatic heterocycles. The van der Waals surface area contributed by atoms with Gasteiger partial charge in [-0.15, -0.1) is 0 Å². The molecule has 0 amide bonds. The predicted molar refractivity (Wildman–Crippen MR) is 130 cm³/mol. The second kappa shape index (κ2) is 8.58. The Morgan fingerprint density at radius 3 is 1.77 bits per heavy atom. The number of hydrogen-bond donors (Lipinski definition) is 0. The molecule has 1 heterocycles. The number of hydrogen-bond acceptors (Lipinski definition) is 1. The van der Waals surface area contributed by atoms with E-state index in [1.807, 2.05) is 32.9 Å². The lowest BCUT2D eigenvalue weighted by atomic mass is 9.55. The quantitative estimate of drug-likeness (QED) is 0.277. The summed E-state index contributed by atoms with van der Waals surface area (Å²) in [5.74, 6) is -33.3. The molecule has 0 unspecified atom stereocenters. The Balaban J connectivity index is 1.60. The number of pyridine rings is 1. The Morgan fingerprint density at radius 2 is 1.20 bits per heavy atom. The smallest absolute Gasteiger partial charge is 0.248 e. The van der Waals surface area contributed by atoms with Crippen LogP contribution in [0.1, 0.15) is 53.9 Å². The SMILES string of the molecule is Cc1cc(C)c(C)c(-c2cc(C3CCC4(CC3)C(F)(F)C(F)(F)C(F)(F)C(F)(F)C4(F)F)c3ccccc3n2)c1. The molecule has 2 aromatic carbocycles. The summed E-state index contributed by atoms with van der Waals surface area (Å²) < 4.78 is 145. The Hall–Kier alpha value is -2.85. The summed E-state index contributed by atoms with van der Waals surface area (Å²) in [6.45, 7) is 5.68. The van der Waals surface area contributed by atoms with E-state index in [0.717, 1.165) is 22.3 Å². The monoisotopic (exact) mass is 577 g/mol. The highest BCUT2D eigenvalue weighted by Gasteiger charge is 2.99. The van der Waals surface area contributed by atoms with Gasteiger partial charge in [-0.25, -0.2) is 4.98 Å². The average Bonchev–Trinajstić information content (AvgIpc) is 2.89. The van der Waals surface area contributed by atoms with Crippen molar-refractivity contribution >= 4 is 10.9 Å². The Labute approximate surface area is 223 Å². The zero-order chi connectivity index (χ0) is 29.7. The zero-order valence-electron chi connectivity index (χ0n) is 21.7. The summed E-state index contributed by atoms with van der Waals surface area (Å²) in [6.07, 6.45) is -4.26. The van der Waals surface area contributed by atoms with E-state index >= 15 is 0 Å². The number of rotatable bonds is 2. The Morgan fingerprint density at radius 1 is 0.675 bits per heavy atom. The van der Waals surface area contributed by atoms with E-state index in [9.17, 15) is 43.9 Å². The molecule has 3 aromatic rings. The first-order valence-electron chi connectivity index (χ1n) is 12.7. The fourth-order valence-corrected chi connectivity index (χ4v) is 6.42. The molecule has 0 radical (unpaired) electrons. The molecular weight excluding hydrogens is 552 g/mol. The molecule has 1 spiro atoms. The van der Waals surface area contributed by atoms with Crippen molar-refractivity contribution in [1.82, 2.24) is 4.98 Å². The van der Waals surface area contributed by atoms with Gasteiger partial charge in [-0.1, -0.05) is 29.8 Å². The lowest BCUT2D eigenvalue weighted by molar-refractivity contribution is -0.491. The molecule has 0 atom stereocenters. The third kappa shape index (κ3) is 3.38. The predicted octanol–water partition coefficient (Wildman–Crippen LogP) is 9.66. The van der Waals surface area contributed by atoms with Crippen molar-refractivity contribution in [3.05, 3.63) is 64.7 Å². The van der Waals surface area contributed by atoms with Gasteiger partial charge in [0.15, 0.2) is 0 Å². The van der Waals surface area contributed by atoms with Crippen LogP contribution in [0.25, 0.3) is 22.2 Å². The van der Waals surface area contributed by atoms with Crippen molar-refractivity contribution in [2.75, 3.05) is 0 Å². The molecular formula is C29H25F10N. The van der Waals surface area contributed by atoms with Crippen LogP contribution in [0.3, 0.4) is 0 Å². The minimum absolute atomic E-state index is 0.500. The van der Waals surface area contributed by atoms with Crippen LogP contribution in [0.4, 0.5) is 43.9 Å². The highest BCUT2D eigenvalue weighted by molar-refractivity contribution is 5.86. The Bertz CT molecular complexity index is 1450. The number of aromatic nitrogens is 1. The van der Waals surface area contributed by atoms with Gasteiger partial charge in [0.1, 0.15) is 5.41 Å². The maximum atomic E-state index is 15.0. The largest absolute Gasteiger partial charge is 0.384 e. The Kier molecular flexibility index (Phi) is 6.15. The number of halogens is 10. The van der Waals surface area contributed by atoms with Crippen LogP contribution in [-0.4, -0.2) is 34.6 Å². The highest BCUT2D eigenvalue weighted by Crippen LogP contribution is 2.75. The maximum Gasteiger partial charge on any atom is 0.384 e. The summed E-state index contributed by atoms with van der Waals surface area (Å²) in [6, 6.07) is 12.3. The molecule has 40 heavy (non-hydrogen) atoms. The van der Waals surface area contributed by atoms with Gasteiger partial charge < -0.3 is 0 Å². The first kappa shape index (κ1) is 28.7. The van der Waals surface area contributed by atoms with Crippen molar-refractivity contribution in [2.24, 2.45) is 5.41 Å². The van der Waals surface area contributed by atoms with Gasteiger partial charge in [-0.3, -0.25) is 0 Å². The molecule has 2 saturated carbocycles. The van der Waals surface area contributed by atoms with E-state index in [4.69, 9.17) is 4.98 Å². The molecule has 11 heteroatoms.